The Bertz CT molecular complexity index is 187. The molecule has 0 aliphatic heterocycles. The molecule has 1 unspecified atom stereocenters. The molecule has 1 aliphatic carbocycles. The second-order valence-corrected chi connectivity index (χ2v) is 3.08. The van der Waals surface area contributed by atoms with E-state index in [2.05, 4.69) is 12.5 Å². The Morgan fingerprint density at radius 1 is 1.73 bits per heavy atom. The fourth-order valence-corrected chi connectivity index (χ4v) is 1.69. The minimum atomic E-state index is 0.519. The van der Waals surface area contributed by atoms with Crippen molar-refractivity contribution in [2.75, 3.05) is 0 Å². The molecule has 0 heterocycles. The van der Waals surface area contributed by atoms with Gasteiger partial charge in [-0.2, -0.15) is 0 Å². The van der Waals surface area contributed by atoms with Crippen LogP contribution in [0.25, 0.3) is 0 Å². The second kappa shape index (κ2) is 4.15. The molecular formula is C10H14O. The second-order valence-electron chi connectivity index (χ2n) is 3.08. The van der Waals surface area contributed by atoms with Gasteiger partial charge in [-0.25, -0.2) is 4.79 Å². The van der Waals surface area contributed by atoms with Gasteiger partial charge in [0.15, 0.2) is 0 Å². The Labute approximate surface area is 67.8 Å². The summed E-state index contributed by atoms with van der Waals surface area (Å²) in [6.45, 7) is 3.66. The van der Waals surface area contributed by atoms with Gasteiger partial charge < -0.3 is 0 Å². The summed E-state index contributed by atoms with van der Waals surface area (Å²) in [5, 5.41) is 0. The van der Waals surface area contributed by atoms with E-state index in [1.807, 2.05) is 6.08 Å². The normalized spacial score (nSPS) is 23.3. The van der Waals surface area contributed by atoms with Gasteiger partial charge in [-0.15, -0.1) is 6.58 Å². The van der Waals surface area contributed by atoms with E-state index in [9.17, 15) is 4.79 Å². The first-order valence-corrected chi connectivity index (χ1v) is 4.23. The average molecular weight is 150 g/mol. The summed E-state index contributed by atoms with van der Waals surface area (Å²) in [4.78, 5) is 10.4. The van der Waals surface area contributed by atoms with Gasteiger partial charge in [0.1, 0.15) is 5.94 Å². The van der Waals surface area contributed by atoms with Gasteiger partial charge in [-0.3, -0.25) is 0 Å². The first-order chi connectivity index (χ1) is 5.38. The quantitative estimate of drug-likeness (QED) is 0.446. The molecule has 0 aromatic carbocycles. The molecule has 0 aromatic rings. The first kappa shape index (κ1) is 8.29. The van der Waals surface area contributed by atoms with Crippen LogP contribution < -0.4 is 0 Å². The maximum absolute atomic E-state index is 10.4. The molecule has 0 bridgehead atoms. The Morgan fingerprint density at radius 3 is 3.18 bits per heavy atom. The molecular weight excluding hydrogens is 136 g/mol. The number of carbonyl (C=O) groups excluding carboxylic acids is 1. The summed E-state index contributed by atoms with van der Waals surface area (Å²) in [6, 6.07) is 0. The predicted octanol–water partition coefficient (Wildman–Crippen LogP) is 2.51. The van der Waals surface area contributed by atoms with E-state index in [0.717, 1.165) is 24.8 Å². The summed E-state index contributed by atoms with van der Waals surface area (Å²) >= 11 is 0. The van der Waals surface area contributed by atoms with E-state index in [0.29, 0.717) is 5.92 Å². The van der Waals surface area contributed by atoms with Crippen LogP contribution in [-0.2, 0) is 4.79 Å². The van der Waals surface area contributed by atoms with Crippen LogP contribution in [0.15, 0.2) is 18.2 Å². The van der Waals surface area contributed by atoms with Gasteiger partial charge >= 0.3 is 0 Å². The summed E-state index contributed by atoms with van der Waals surface area (Å²) in [5.74, 6) is 2.57. The zero-order valence-electron chi connectivity index (χ0n) is 6.81. The van der Waals surface area contributed by atoms with E-state index < -0.39 is 0 Å². The molecule has 1 fully saturated rings. The molecule has 60 valence electrons. The van der Waals surface area contributed by atoms with Gasteiger partial charge in [-0.1, -0.05) is 6.08 Å². The maximum Gasteiger partial charge on any atom is 0.123 e. The standard InChI is InChI=1S/C10H14O/c1-2-3-5-9-6-4-7-10(9)8-11/h2,9H,1,3-7H2. The summed E-state index contributed by atoms with van der Waals surface area (Å²) in [7, 11) is 0. The molecule has 1 nitrogen and oxygen atoms in total. The third-order valence-corrected chi connectivity index (χ3v) is 2.34. The lowest BCUT2D eigenvalue weighted by Gasteiger charge is -2.05. The molecule has 0 amide bonds. The van der Waals surface area contributed by atoms with Crippen LogP contribution in [0.2, 0.25) is 0 Å². The van der Waals surface area contributed by atoms with Gasteiger partial charge in [0.2, 0.25) is 0 Å². The monoisotopic (exact) mass is 150 g/mol. The number of allylic oxidation sites excluding steroid dienone is 2. The van der Waals surface area contributed by atoms with Crippen molar-refractivity contribution < 1.29 is 4.79 Å². The summed E-state index contributed by atoms with van der Waals surface area (Å²) < 4.78 is 0. The van der Waals surface area contributed by atoms with E-state index in [1.165, 1.54) is 12.8 Å². The SMILES string of the molecule is C=CCCC1CCCC1=C=O. The molecule has 0 N–H and O–H groups in total. The summed E-state index contributed by atoms with van der Waals surface area (Å²) in [6.07, 6.45) is 7.36. The fourth-order valence-electron chi connectivity index (χ4n) is 1.69. The van der Waals surface area contributed by atoms with Crippen molar-refractivity contribution in [1.82, 2.24) is 0 Å². The zero-order chi connectivity index (χ0) is 8.10. The van der Waals surface area contributed by atoms with Crippen LogP contribution in [0, 0.1) is 5.92 Å². The molecule has 1 atom stereocenters. The average Bonchev–Trinajstić information content (AvgIpc) is 2.47. The smallest absolute Gasteiger partial charge is 0.123 e. The topological polar surface area (TPSA) is 17.1 Å². The highest BCUT2D eigenvalue weighted by atomic mass is 16.1. The van der Waals surface area contributed by atoms with Crippen molar-refractivity contribution in [3.05, 3.63) is 18.2 Å². The molecule has 11 heavy (non-hydrogen) atoms. The highest BCUT2D eigenvalue weighted by molar-refractivity contribution is 5.54. The molecule has 1 saturated carbocycles. The molecule has 0 aromatic heterocycles. The minimum absolute atomic E-state index is 0.519. The molecule has 1 aliphatic rings. The van der Waals surface area contributed by atoms with Crippen molar-refractivity contribution in [1.29, 1.82) is 0 Å². The highest BCUT2D eigenvalue weighted by Crippen LogP contribution is 2.32. The van der Waals surface area contributed by atoms with E-state index in [1.54, 1.807) is 0 Å². The van der Waals surface area contributed by atoms with Crippen molar-refractivity contribution in [2.24, 2.45) is 5.92 Å². The van der Waals surface area contributed by atoms with Crippen molar-refractivity contribution >= 4 is 5.94 Å². The fraction of sp³-hybridized carbons (Fsp3) is 0.600. The Balaban J connectivity index is 2.44. The third kappa shape index (κ3) is 2.06. The van der Waals surface area contributed by atoms with Gasteiger partial charge in [0.25, 0.3) is 0 Å². The van der Waals surface area contributed by atoms with Crippen LogP contribution in [0.3, 0.4) is 0 Å². The van der Waals surface area contributed by atoms with Crippen LogP contribution in [-0.4, -0.2) is 5.94 Å². The number of hydrogen-bond acceptors (Lipinski definition) is 1. The lowest BCUT2D eigenvalue weighted by Crippen LogP contribution is -1.95. The van der Waals surface area contributed by atoms with E-state index in [4.69, 9.17) is 0 Å². The van der Waals surface area contributed by atoms with E-state index >= 15 is 0 Å². The molecule has 0 radical (unpaired) electrons. The van der Waals surface area contributed by atoms with Crippen LogP contribution in [0.4, 0.5) is 0 Å². The summed E-state index contributed by atoms with van der Waals surface area (Å²) in [5.41, 5.74) is 1.01. The lowest BCUT2D eigenvalue weighted by molar-refractivity contribution is 0.550. The van der Waals surface area contributed by atoms with Crippen molar-refractivity contribution in [2.45, 2.75) is 32.1 Å². The lowest BCUT2D eigenvalue weighted by atomic mass is 9.98. The third-order valence-electron chi connectivity index (χ3n) is 2.34. The van der Waals surface area contributed by atoms with E-state index in [-0.39, 0.29) is 0 Å². The Hall–Kier alpha value is -0.810. The van der Waals surface area contributed by atoms with Crippen LogP contribution in [0.1, 0.15) is 32.1 Å². The van der Waals surface area contributed by atoms with Crippen molar-refractivity contribution in [3.8, 4) is 0 Å². The Morgan fingerprint density at radius 2 is 2.55 bits per heavy atom. The van der Waals surface area contributed by atoms with Gasteiger partial charge in [0.05, 0.1) is 0 Å². The van der Waals surface area contributed by atoms with Crippen LogP contribution >= 0.6 is 0 Å². The molecule has 0 saturated heterocycles. The minimum Gasteiger partial charge on any atom is -0.234 e. The molecule has 0 spiro atoms. The number of rotatable bonds is 3. The maximum atomic E-state index is 10.4. The zero-order valence-corrected chi connectivity index (χ0v) is 6.81. The van der Waals surface area contributed by atoms with Gasteiger partial charge in [-0.05, 0) is 38.0 Å². The Kier molecular flexibility index (Phi) is 3.13. The first-order valence-electron chi connectivity index (χ1n) is 4.23. The largest absolute Gasteiger partial charge is 0.234 e. The van der Waals surface area contributed by atoms with Gasteiger partial charge in [0, 0.05) is 5.57 Å². The molecule has 1 rings (SSSR count). The van der Waals surface area contributed by atoms with Crippen LogP contribution in [0.5, 0.6) is 0 Å². The molecule has 1 heteroatoms. The van der Waals surface area contributed by atoms with Crippen molar-refractivity contribution in [3.63, 3.8) is 0 Å². The predicted molar refractivity (Wildman–Crippen MR) is 46.0 cm³/mol. The number of hydrogen-bond donors (Lipinski definition) is 0. The highest BCUT2D eigenvalue weighted by Gasteiger charge is 2.20.